The van der Waals surface area contributed by atoms with Gasteiger partial charge >= 0.3 is 0 Å². The fraction of sp³-hybridized carbons (Fsp3) is 0. The second-order valence-electron chi connectivity index (χ2n) is 1.79. The van der Waals surface area contributed by atoms with Crippen LogP contribution in [0.3, 0.4) is 0 Å². The van der Waals surface area contributed by atoms with Crippen molar-refractivity contribution in [1.29, 1.82) is 0 Å². The van der Waals surface area contributed by atoms with E-state index in [4.69, 9.17) is 0 Å². The highest BCUT2D eigenvalue weighted by Crippen LogP contribution is 2.11. The topological polar surface area (TPSA) is 12.9 Å². The molecule has 0 amide bonds. The van der Waals surface area contributed by atoms with E-state index in [1.807, 2.05) is 0 Å². The highest BCUT2D eigenvalue weighted by Gasteiger charge is 2.04. The van der Waals surface area contributed by atoms with Crippen molar-refractivity contribution in [2.24, 2.45) is 0 Å². The monoisotopic (exact) mass is 219 g/mol. The van der Waals surface area contributed by atoms with Crippen molar-refractivity contribution in [1.82, 2.24) is 4.98 Å². The number of nitrogens with zero attached hydrogens (tertiary/aromatic N) is 1. The summed E-state index contributed by atoms with van der Waals surface area (Å²) in [6.07, 6.45) is 2.34. The number of aromatic nitrogens is 1. The van der Waals surface area contributed by atoms with Crippen LogP contribution in [-0.2, 0) is 0 Å². The Kier molecular flexibility index (Phi) is 2.70. The maximum Gasteiger partial charge on any atom is 0.223 e. The molecule has 0 fully saturated rings. The van der Waals surface area contributed by atoms with Gasteiger partial charge in [0, 0.05) is 6.20 Å². The number of hydrogen-bond acceptors (Lipinski definition) is 1. The molecule has 0 spiro atoms. The zero-order valence-electron chi connectivity index (χ0n) is 5.39. The number of hydrogen-bond donors (Lipinski definition) is 0. The molecule has 1 nitrogen and oxygen atoms in total. The molecule has 0 unspecified atom stereocenters. The third kappa shape index (κ3) is 1.83. The summed E-state index contributed by atoms with van der Waals surface area (Å²) >= 11 is 2.91. The van der Waals surface area contributed by atoms with Gasteiger partial charge in [0.2, 0.25) is 5.95 Å². The predicted molar refractivity (Wildman–Crippen MR) is 42.1 cm³/mol. The van der Waals surface area contributed by atoms with Crippen LogP contribution in [0.1, 0.15) is 5.56 Å². The molecule has 1 aromatic rings. The van der Waals surface area contributed by atoms with Crippen LogP contribution in [0.5, 0.6) is 0 Å². The molecular formula is C7H4BrF2N. The minimum atomic E-state index is -0.805. The van der Waals surface area contributed by atoms with E-state index in [9.17, 15) is 8.78 Å². The molecule has 0 aliphatic heterocycles. The average Bonchev–Trinajstić information content (AvgIpc) is 1.97. The number of halogens is 3. The van der Waals surface area contributed by atoms with Crippen molar-refractivity contribution in [2.45, 2.75) is 0 Å². The van der Waals surface area contributed by atoms with Gasteiger partial charge in [-0.25, -0.2) is 9.37 Å². The molecule has 58 valence electrons. The van der Waals surface area contributed by atoms with Gasteiger partial charge in [0.05, 0.1) is 5.56 Å². The first-order valence-corrected chi connectivity index (χ1v) is 3.74. The second-order valence-corrected chi connectivity index (χ2v) is 2.32. The quantitative estimate of drug-likeness (QED) is 0.663. The lowest BCUT2D eigenvalue weighted by Gasteiger charge is -1.95. The van der Waals surface area contributed by atoms with Crippen molar-refractivity contribution in [2.75, 3.05) is 0 Å². The maximum atomic E-state index is 12.7. The second kappa shape index (κ2) is 3.57. The largest absolute Gasteiger partial charge is 0.228 e. The van der Waals surface area contributed by atoms with Crippen molar-refractivity contribution < 1.29 is 8.78 Å². The lowest BCUT2D eigenvalue weighted by Crippen LogP contribution is -1.90. The molecule has 0 saturated carbocycles. The van der Waals surface area contributed by atoms with Gasteiger partial charge in [-0.05, 0) is 17.1 Å². The molecule has 1 aromatic heterocycles. The standard InChI is InChI=1S/C7H4BrF2N/c8-3-1-5-6(9)2-4-11-7(5)10/h1-4H/b3-1+. The molecule has 11 heavy (non-hydrogen) atoms. The molecule has 0 bridgehead atoms. The third-order valence-electron chi connectivity index (χ3n) is 1.12. The van der Waals surface area contributed by atoms with E-state index < -0.39 is 11.8 Å². The van der Waals surface area contributed by atoms with Gasteiger partial charge < -0.3 is 0 Å². The molecule has 0 N–H and O–H groups in total. The lowest BCUT2D eigenvalue weighted by molar-refractivity contribution is 0.547. The van der Waals surface area contributed by atoms with Crippen molar-refractivity contribution in [3.8, 4) is 0 Å². The first kappa shape index (κ1) is 8.33. The molecule has 4 heteroatoms. The van der Waals surface area contributed by atoms with Crippen LogP contribution in [0.25, 0.3) is 6.08 Å². The van der Waals surface area contributed by atoms with Crippen molar-refractivity contribution in [3.05, 3.63) is 34.6 Å². The Hall–Kier alpha value is -0.770. The zero-order valence-corrected chi connectivity index (χ0v) is 6.98. The van der Waals surface area contributed by atoms with Crippen LogP contribution >= 0.6 is 15.9 Å². The Morgan fingerprint density at radius 2 is 2.18 bits per heavy atom. The van der Waals surface area contributed by atoms with E-state index >= 15 is 0 Å². The molecular weight excluding hydrogens is 216 g/mol. The van der Waals surface area contributed by atoms with Gasteiger partial charge in [0.1, 0.15) is 5.82 Å². The van der Waals surface area contributed by atoms with E-state index in [-0.39, 0.29) is 5.56 Å². The third-order valence-corrected chi connectivity index (χ3v) is 1.38. The van der Waals surface area contributed by atoms with E-state index in [1.54, 1.807) is 0 Å². The molecule has 0 aliphatic rings. The molecule has 0 aliphatic carbocycles. The zero-order chi connectivity index (χ0) is 8.27. The van der Waals surface area contributed by atoms with Crippen LogP contribution in [0.15, 0.2) is 17.2 Å². The highest BCUT2D eigenvalue weighted by molar-refractivity contribution is 9.11. The van der Waals surface area contributed by atoms with E-state index in [0.29, 0.717) is 0 Å². The summed E-state index contributed by atoms with van der Waals surface area (Å²) < 4.78 is 25.3. The van der Waals surface area contributed by atoms with E-state index in [0.717, 1.165) is 12.3 Å². The molecule has 1 heterocycles. The van der Waals surface area contributed by atoms with Crippen LogP contribution < -0.4 is 0 Å². The average molecular weight is 220 g/mol. The minimum absolute atomic E-state index is 0.135. The predicted octanol–water partition coefficient (Wildman–Crippen LogP) is 2.73. The fourth-order valence-electron chi connectivity index (χ4n) is 0.637. The van der Waals surface area contributed by atoms with Gasteiger partial charge in [0.15, 0.2) is 0 Å². The minimum Gasteiger partial charge on any atom is -0.228 e. The Morgan fingerprint density at radius 1 is 1.45 bits per heavy atom. The Balaban J connectivity index is 3.20. The summed E-state index contributed by atoms with van der Waals surface area (Å²) in [6, 6.07) is 1.10. The normalized spacial score (nSPS) is 10.8. The van der Waals surface area contributed by atoms with Crippen LogP contribution in [0.2, 0.25) is 0 Å². The smallest absolute Gasteiger partial charge is 0.223 e. The van der Waals surface area contributed by atoms with Crippen LogP contribution in [0.4, 0.5) is 8.78 Å². The lowest BCUT2D eigenvalue weighted by atomic mass is 10.2. The summed E-state index contributed by atoms with van der Waals surface area (Å²) in [4.78, 5) is 4.65. The molecule has 0 aromatic carbocycles. The summed E-state index contributed by atoms with van der Waals surface area (Å²) in [7, 11) is 0. The summed E-state index contributed by atoms with van der Waals surface area (Å²) in [5.41, 5.74) is -0.135. The summed E-state index contributed by atoms with van der Waals surface area (Å²) in [5.74, 6) is -1.42. The Morgan fingerprint density at radius 3 is 2.73 bits per heavy atom. The molecule has 0 radical (unpaired) electrons. The number of rotatable bonds is 1. The Bertz CT molecular complexity index is 266. The summed E-state index contributed by atoms with van der Waals surface area (Å²) in [5, 5.41) is 0. The van der Waals surface area contributed by atoms with E-state index in [1.165, 1.54) is 11.1 Å². The van der Waals surface area contributed by atoms with Gasteiger partial charge in [-0.2, -0.15) is 4.39 Å². The highest BCUT2D eigenvalue weighted by atomic mass is 79.9. The first-order valence-electron chi connectivity index (χ1n) is 2.82. The van der Waals surface area contributed by atoms with Gasteiger partial charge in [-0.15, -0.1) is 0 Å². The molecule has 1 rings (SSSR count). The number of pyridine rings is 1. The SMILES string of the molecule is Fc1ccnc(F)c1/C=C/Br. The fourth-order valence-corrected chi connectivity index (χ4v) is 0.902. The maximum absolute atomic E-state index is 12.7. The van der Waals surface area contributed by atoms with Gasteiger partial charge in [0.25, 0.3) is 0 Å². The molecule has 0 saturated heterocycles. The molecule has 0 atom stereocenters. The van der Waals surface area contributed by atoms with Gasteiger partial charge in [-0.1, -0.05) is 15.9 Å². The summed E-state index contributed by atoms with van der Waals surface area (Å²) in [6.45, 7) is 0. The Labute approximate surface area is 70.9 Å². The van der Waals surface area contributed by atoms with Crippen molar-refractivity contribution >= 4 is 22.0 Å². The van der Waals surface area contributed by atoms with E-state index in [2.05, 4.69) is 20.9 Å². The van der Waals surface area contributed by atoms with Gasteiger partial charge in [-0.3, -0.25) is 0 Å². The van der Waals surface area contributed by atoms with Crippen LogP contribution in [-0.4, -0.2) is 4.98 Å². The van der Waals surface area contributed by atoms with Crippen LogP contribution in [0, 0.1) is 11.8 Å². The first-order chi connectivity index (χ1) is 5.25. The van der Waals surface area contributed by atoms with Crippen molar-refractivity contribution in [3.63, 3.8) is 0 Å².